The van der Waals surface area contributed by atoms with E-state index in [1.54, 1.807) is 18.0 Å². The SMILES string of the molecule is COc1ccc(-n2nc3cc(C)c(NC(=O)c4cccc5c(Cl)cccc45)cc3n2)cc1. The van der Waals surface area contributed by atoms with Crippen LogP contribution >= 0.6 is 11.6 Å². The van der Waals surface area contributed by atoms with Crippen molar-refractivity contribution in [2.45, 2.75) is 6.92 Å². The summed E-state index contributed by atoms with van der Waals surface area (Å²) in [7, 11) is 1.63. The molecule has 5 aromatic rings. The third-order valence-electron chi connectivity index (χ3n) is 5.39. The maximum Gasteiger partial charge on any atom is 0.256 e. The van der Waals surface area contributed by atoms with E-state index in [1.165, 1.54) is 0 Å². The van der Waals surface area contributed by atoms with Crippen LogP contribution in [0.1, 0.15) is 15.9 Å². The van der Waals surface area contributed by atoms with E-state index in [4.69, 9.17) is 16.3 Å². The number of nitrogens with one attached hydrogen (secondary N) is 1. The first-order chi connectivity index (χ1) is 15.5. The van der Waals surface area contributed by atoms with E-state index in [2.05, 4.69) is 15.5 Å². The summed E-state index contributed by atoms with van der Waals surface area (Å²) in [4.78, 5) is 14.7. The van der Waals surface area contributed by atoms with E-state index in [0.29, 0.717) is 21.8 Å². The van der Waals surface area contributed by atoms with Gasteiger partial charge in [-0.2, -0.15) is 4.80 Å². The molecule has 0 spiro atoms. The predicted molar refractivity (Wildman–Crippen MR) is 127 cm³/mol. The van der Waals surface area contributed by atoms with Crippen LogP contribution in [-0.2, 0) is 0 Å². The minimum absolute atomic E-state index is 0.206. The molecule has 0 aliphatic heterocycles. The highest BCUT2D eigenvalue weighted by Gasteiger charge is 2.14. The van der Waals surface area contributed by atoms with Gasteiger partial charge in [-0.05, 0) is 66.4 Å². The second kappa shape index (κ2) is 7.98. The number of carbonyl (C=O) groups excluding carboxylic acids is 1. The molecule has 0 aliphatic rings. The van der Waals surface area contributed by atoms with Gasteiger partial charge in [0.25, 0.3) is 5.91 Å². The molecule has 0 radical (unpaired) electrons. The molecule has 1 aromatic heterocycles. The second-order valence-electron chi connectivity index (χ2n) is 7.44. The Morgan fingerprint density at radius 1 is 0.938 bits per heavy atom. The average molecular weight is 443 g/mol. The van der Waals surface area contributed by atoms with Crippen molar-refractivity contribution in [3.8, 4) is 11.4 Å². The summed E-state index contributed by atoms with van der Waals surface area (Å²) < 4.78 is 5.20. The van der Waals surface area contributed by atoms with Crippen molar-refractivity contribution in [3.63, 3.8) is 0 Å². The van der Waals surface area contributed by atoms with Gasteiger partial charge >= 0.3 is 0 Å². The molecular weight excluding hydrogens is 424 g/mol. The molecule has 0 saturated heterocycles. The van der Waals surface area contributed by atoms with Crippen LogP contribution in [-0.4, -0.2) is 28.0 Å². The Morgan fingerprint density at radius 3 is 2.38 bits per heavy atom. The van der Waals surface area contributed by atoms with Gasteiger partial charge < -0.3 is 10.1 Å². The zero-order valence-corrected chi connectivity index (χ0v) is 18.2. The topological polar surface area (TPSA) is 69.0 Å². The lowest BCUT2D eigenvalue weighted by Crippen LogP contribution is -2.13. The number of hydrogen-bond donors (Lipinski definition) is 1. The fraction of sp³-hybridized carbons (Fsp3) is 0.0800. The molecule has 0 atom stereocenters. The number of aryl methyl sites for hydroxylation is 1. The van der Waals surface area contributed by atoms with Crippen LogP contribution in [0.2, 0.25) is 5.02 Å². The summed E-state index contributed by atoms with van der Waals surface area (Å²) in [5.74, 6) is 0.559. The van der Waals surface area contributed by atoms with Crippen LogP contribution in [0.3, 0.4) is 0 Å². The summed E-state index contributed by atoms with van der Waals surface area (Å²) in [6, 6.07) is 22.3. The fourth-order valence-electron chi connectivity index (χ4n) is 3.69. The van der Waals surface area contributed by atoms with E-state index in [1.807, 2.05) is 73.7 Å². The standard InChI is InChI=1S/C25H19ClN4O2/c1-15-13-23-24(29-30(28-23)16-9-11-17(32-2)12-10-16)14-22(15)27-25(31)20-7-3-6-19-18(20)5-4-8-21(19)26/h3-14H,1-2H3,(H,27,31). The number of aromatic nitrogens is 3. The molecule has 0 saturated carbocycles. The van der Waals surface area contributed by atoms with Crippen molar-refractivity contribution in [3.05, 3.63) is 88.9 Å². The van der Waals surface area contributed by atoms with Gasteiger partial charge in [0.05, 0.1) is 12.8 Å². The molecule has 7 heteroatoms. The van der Waals surface area contributed by atoms with Crippen molar-refractivity contribution in [1.82, 2.24) is 15.0 Å². The van der Waals surface area contributed by atoms with Crippen molar-refractivity contribution < 1.29 is 9.53 Å². The van der Waals surface area contributed by atoms with Crippen molar-refractivity contribution >= 4 is 45.0 Å². The number of ether oxygens (including phenoxy) is 1. The number of rotatable bonds is 4. The summed E-state index contributed by atoms with van der Waals surface area (Å²) in [5, 5.41) is 14.4. The van der Waals surface area contributed by atoms with Gasteiger partial charge in [-0.3, -0.25) is 4.79 Å². The van der Waals surface area contributed by atoms with Gasteiger partial charge in [0.1, 0.15) is 16.8 Å². The number of halogens is 1. The van der Waals surface area contributed by atoms with Gasteiger partial charge in [-0.15, -0.1) is 10.2 Å². The summed E-state index contributed by atoms with van der Waals surface area (Å²) >= 11 is 6.30. The smallest absolute Gasteiger partial charge is 0.256 e. The number of anilines is 1. The van der Waals surface area contributed by atoms with Crippen LogP contribution in [0.15, 0.2) is 72.8 Å². The average Bonchev–Trinajstić information content (AvgIpc) is 3.22. The first-order valence-electron chi connectivity index (χ1n) is 10.0. The van der Waals surface area contributed by atoms with Crippen LogP contribution in [0.5, 0.6) is 5.75 Å². The molecule has 0 fully saturated rings. The molecule has 32 heavy (non-hydrogen) atoms. The third-order valence-corrected chi connectivity index (χ3v) is 5.72. The number of methoxy groups -OCH3 is 1. The second-order valence-corrected chi connectivity index (χ2v) is 7.85. The molecular formula is C25H19ClN4O2. The lowest BCUT2D eigenvalue weighted by Gasteiger charge is -2.10. The van der Waals surface area contributed by atoms with Crippen LogP contribution in [0.25, 0.3) is 27.5 Å². The third kappa shape index (κ3) is 3.55. The Balaban J connectivity index is 1.49. The van der Waals surface area contributed by atoms with E-state index >= 15 is 0 Å². The van der Waals surface area contributed by atoms with E-state index < -0.39 is 0 Å². The van der Waals surface area contributed by atoms with E-state index in [0.717, 1.165) is 33.3 Å². The highest BCUT2D eigenvalue weighted by Crippen LogP contribution is 2.28. The Hall–Kier alpha value is -3.90. The molecule has 1 heterocycles. The lowest BCUT2D eigenvalue weighted by molar-refractivity contribution is 0.102. The summed E-state index contributed by atoms with van der Waals surface area (Å²) in [6.45, 7) is 1.93. The molecule has 0 unspecified atom stereocenters. The fourth-order valence-corrected chi connectivity index (χ4v) is 3.93. The van der Waals surface area contributed by atoms with Gasteiger partial charge in [0.2, 0.25) is 0 Å². The zero-order valence-electron chi connectivity index (χ0n) is 17.5. The van der Waals surface area contributed by atoms with E-state index in [-0.39, 0.29) is 5.91 Å². The Kier molecular flexibility index (Phi) is 4.99. The molecule has 6 nitrogen and oxygen atoms in total. The lowest BCUT2D eigenvalue weighted by atomic mass is 10.0. The first kappa shape index (κ1) is 20.0. The minimum atomic E-state index is -0.206. The largest absolute Gasteiger partial charge is 0.497 e. The van der Waals surface area contributed by atoms with Crippen LogP contribution in [0.4, 0.5) is 5.69 Å². The quantitative estimate of drug-likeness (QED) is 0.382. The number of benzene rings is 4. The van der Waals surface area contributed by atoms with Crippen molar-refractivity contribution in [2.75, 3.05) is 12.4 Å². The number of amides is 1. The summed E-state index contributed by atoms with van der Waals surface area (Å²) in [6.07, 6.45) is 0. The van der Waals surface area contributed by atoms with Crippen molar-refractivity contribution in [1.29, 1.82) is 0 Å². The number of hydrogen-bond acceptors (Lipinski definition) is 4. The Bertz CT molecular complexity index is 1480. The maximum absolute atomic E-state index is 13.1. The first-order valence-corrected chi connectivity index (χ1v) is 10.4. The molecule has 0 aliphatic carbocycles. The monoisotopic (exact) mass is 442 g/mol. The highest BCUT2D eigenvalue weighted by atomic mass is 35.5. The normalized spacial score (nSPS) is 11.1. The Labute approximate surface area is 189 Å². The number of fused-ring (bicyclic) bond motifs is 2. The number of nitrogens with zero attached hydrogens (tertiary/aromatic N) is 3. The van der Waals surface area contributed by atoms with Crippen LogP contribution < -0.4 is 10.1 Å². The van der Waals surface area contributed by atoms with Gasteiger partial charge in [-0.1, -0.05) is 35.9 Å². The van der Waals surface area contributed by atoms with Crippen LogP contribution in [0, 0.1) is 6.92 Å². The van der Waals surface area contributed by atoms with Gasteiger partial charge in [0.15, 0.2) is 0 Å². The van der Waals surface area contributed by atoms with E-state index in [9.17, 15) is 4.79 Å². The maximum atomic E-state index is 13.1. The molecule has 5 rings (SSSR count). The van der Waals surface area contributed by atoms with Crippen molar-refractivity contribution in [2.24, 2.45) is 0 Å². The molecule has 158 valence electrons. The Morgan fingerprint density at radius 2 is 1.62 bits per heavy atom. The molecule has 1 amide bonds. The number of carbonyl (C=O) groups is 1. The molecule has 1 N–H and O–H groups in total. The van der Waals surface area contributed by atoms with Gasteiger partial charge in [-0.25, -0.2) is 0 Å². The predicted octanol–water partition coefficient (Wildman–Crippen LogP) is 5.80. The van der Waals surface area contributed by atoms with Gasteiger partial charge in [0, 0.05) is 21.7 Å². The minimum Gasteiger partial charge on any atom is -0.497 e. The summed E-state index contributed by atoms with van der Waals surface area (Å²) in [5.41, 5.74) is 4.38. The molecule has 0 bridgehead atoms. The zero-order chi connectivity index (χ0) is 22.2. The highest BCUT2D eigenvalue weighted by molar-refractivity contribution is 6.36. The molecule has 4 aromatic carbocycles.